The quantitative estimate of drug-likeness (QED) is 0.798. The van der Waals surface area contributed by atoms with Gasteiger partial charge in [0.15, 0.2) is 0 Å². The smallest absolute Gasteiger partial charge is 0.247 e. The van der Waals surface area contributed by atoms with Crippen molar-refractivity contribution in [1.82, 2.24) is 10.2 Å². The second-order valence-electron chi connectivity index (χ2n) is 4.67. The molecule has 0 aliphatic rings. The zero-order valence-corrected chi connectivity index (χ0v) is 11.1. The first kappa shape index (κ1) is 11.3. The lowest BCUT2D eigenvalue weighted by molar-refractivity contribution is 0.399. The lowest BCUT2D eigenvalue weighted by atomic mass is 9.97. The van der Waals surface area contributed by atoms with E-state index in [0.29, 0.717) is 11.8 Å². The largest absolute Gasteiger partial charge is 0.420 e. The van der Waals surface area contributed by atoms with E-state index < -0.39 is 0 Å². The van der Waals surface area contributed by atoms with Gasteiger partial charge >= 0.3 is 0 Å². The second kappa shape index (κ2) is 4.01. The molecule has 0 N–H and O–H groups in total. The van der Waals surface area contributed by atoms with Gasteiger partial charge in [-0.15, -0.1) is 10.2 Å². The SMILES string of the molecule is CC(C)(C)c1nnc(-c2ccc(Br)cc2)o1. The fourth-order valence-corrected chi connectivity index (χ4v) is 1.50. The summed E-state index contributed by atoms with van der Waals surface area (Å²) in [6.07, 6.45) is 0. The molecule has 0 amide bonds. The summed E-state index contributed by atoms with van der Waals surface area (Å²) in [6.45, 7) is 6.14. The average molecular weight is 281 g/mol. The van der Waals surface area contributed by atoms with E-state index in [4.69, 9.17) is 4.42 Å². The van der Waals surface area contributed by atoms with Crippen LogP contribution in [0.2, 0.25) is 0 Å². The van der Waals surface area contributed by atoms with E-state index >= 15 is 0 Å². The Labute approximate surface area is 103 Å². The molecule has 0 radical (unpaired) electrons. The van der Waals surface area contributed by atoms with Gasteiger partial charge in [0.2, 0.25) is 11.8 Å². The highest BCUT2D eigenvalue weighted by Gasteiger charge is 2.21. The third-order valence-corrected chi connectivity index (χ3v) is 2.69. The minimum Gasteiger partial charge on any atom is -0.420 e. The first-order chi connectivity index (χ1) is 7.47. The molecule has 0 aliphatic carbocycles. The summed E-state index contributed by atoms with van der Waals surface area (Å²) in [4.78, 5) is 0. The number of nitrogens with zero attached hydrogens (tertiary/aromatic N) is 2. The maximum Gasteiger partial charge on any atom is 0.247 e. The predicted molar refractivity (Wildman–Crippen MR) is 66.1 cm³/mol. The van der Waals surface area contributed by atoms with Crippen molar-refractivity contribution in [3.05, 3.63) is 34.6 Å². The van der Waals surface area contributed by atoms with Crippen molar-refractivity contribution >= 4 is 15.9 Å². The van der Waals surface area contributed by atoms with Crippen LogP contribution in [-0.2, 0) is 5.41 Å². The molecule has 2 rings (SSSR count). The molecule has 0 unspecified atom stereocenters. The fraction of sp³-hybridized carbons (Fsp3) is 0.333. The van der Waals surface area contributed by atoms with Crippen LogP contribution < -0.4 is 0 Å². The molecule has 0 atom stereocenters. The Kier molecular flexibility index (Phi) is 2.84. The number of hydrogen-bond donors (Lipinski definition) is 0. The van der Waals surface area contributed by atoms with Crippen molar-refractivity contribution < 1.29 is 4.42 Å². The summed E-state index contributed by atoms with van der Waals surface area (Å²) in [6, 6.07) is 7.81. The van der Waals surface area contributed by atoms with Crippen LogP contribution in [-0.4, -0.2) is 10.2 Å². The monoisotopic (exact) mass is 280 g/mol. The van der Waals surface area contributed by atoms with Crippen molar-refractivity contribution in [2.45, 2.75) is 26.2 Å². The standard InChI is InChI=1S/C12H13BrN2O/c1-12(2,3)11-15-14-10(16-11)8-4-6-9(13)7-5-8/h4-7H,1-3H3. The molecule has 0 fully saturated rings. The lowest BCUT2D eigenvalue weighted by Crippen LogP contribution is -2.11. The van der Waals surface area contributed by atoms with Gasteiger partial charge in [-0.25, -0.2) is 0 Å². The number of aromatic nitrogens is 2. The van der Waals surface area contributed by atoms with Crippen molar-refractivity contribution in [2.75, 3.05) is 0 Å². The first-order valence-corrected chi connectivity index (χ1v) is 5.86. The topological polar surface area (TPSA) is 38.9 Å². The van der Waals surface area contributed by atoms with E-state index in [2.05, 4.69) is 26.1 Å². The summed E-state index contributed by atoms with van der Waals surface area (Å²) in [5.41, 5.74) is 0.826. The van der Waals surface area contributed by atoms with Crippen LogP contribution in [0.1, 0.15) is 26.7 Å². The van der Waals surface area contributed by atoms with Gasteiger partial charge in [-0.2, -0.15) is 0 Å². The van der Waals surface area contributed by atoms with Gasteiger partial charge in [-0.05, 0) is 24.3 Å². The molecule has 3 nitrogen and oxygen atoms in total. The van der Waals surface area contributed by atoms with E-state index in [1.165, 1.54) is 0 Å². The Bertz CT molecular complexity index is 482. The van der Waals surface area contributed by atoms with Crippen LogP contribution in [0.4, 0.5) is 0 Å². The number of halogens is 1. The van der Waals surface area contributed by atoms with Gasteiger partial charge in [0.05, 0.1) is 0 Å². The maximum absolute atomic E-state index is 5.64. The van der Waals surface area contributed by atoms with Crippen LogP contribution in [0.25, 0.3) is 11.5 Å². The van der Waals surface area contributed by atoms with Gasteiger partial charge in [-0.1, -0.05) is 36.7 Å². The van der Waals surface area contributed by atoms with Gasteiger partial charge in [0.25, 0.3) is 0 Å². The highest BCUT2D eigenvalue weighted by molar-refractivity contribution is 9.10. The second-order valence-corrected chi connectivity index (χ2v) is 5.58. The molecule has 4 heteroatoms. The highest BCUT2D eigenvalue weighted by atomic mass is 79.9. The number of hydrogen-bond acceptors (Lipinski definition) is 3. The summed E-state index contributed by atoms with van der Waals surface area (Å²) < 4.78 is 6.67. The number of rotatable bonds is 1. The third-order valence-electron chi connectivity index (χ3n) is 2.16. The minimum absolute atomic E-state index is 0.111. The van der Waals surface area contributed by atoms with Crippen molar-refractivity contribution in [1.29, 1.82) is 0 Å². The van der Waals surface area contributed by atoms with Gasteiger partial charge in [0.1, 0.15) is 0 Å². The fourth-order valence-electron chi connectivity index (χ4n) is 1.24. The molecule has 0 saturated carbocycles. The van der Waals surface area contributed by atoms with E-state index in [0.717, 1.165) is 10.0 Å². The van der Waals surface area contributed by atoms with Gasteiger partial charge in [0, 0.05) is 15.5 Å². The molecule has 1 heterocycles. The summed E-state index contributed by atoms with van der Waals surface area (Å²) in [7, 11) is 0. The molecular weight excluding hydrogens is 268 g/mol. The molecule has 84 valence electrons. The molecular formula is C12H13BrN2O. The molecule has 0 spiro atoms. The van der Waals surface area contributed by atoms with E-state index in [-0.39, 0.29) is 5.41 Å². The molecule has 1 aromatic carbocycles. The Morgan fingerprint density at radius 2 is 1.69 bits per heavy atom. The summed E-state index contributed by atoms with van der Waals surface area (Å²) in [5.74, 6) is 1.22. The lowest BCUT2D eigenvalue weighted by Gasteiger charge is -2.10. The Balaban J connectivity index is 2.35. The Morgan fingerprint density at radius 1 is 1.06 bits per heavy atom. The number of benzene rings is 1. The summed E-state index contributed by atoms with van der Waals surface area (Å²) in [5, 5.41) is 8.11. The predicted octanol–water partition coefficient (Wildman–Crippen LogP) is 3.80. The molecule has 16 heavy (non-hydrogen) atoms. The van der Waals surface area contributed by atoms with Crippen LogP contribution in [0.5, 0.6) is 0 Å². The molecule has 0 bridgehead atoms. The Morgan fingerprint density at radius 3 is 2.19 bits per heavy atom. The molecule has 0 saturated heterocycles. The summed E-state index contributed by atoms with van der Waals surface area (Å²) >= 11 is 3.39. The normalized spacial score (nSPS) is 11.8. The van der Waals surface area contributed by atoms with Crippen LogP contribution in [0.3, 0.4) is 0 Å². The molecule has 1 aromatic heterocycles. The van der Waals surface area contributed by atoms with E-state index in [1.807, 2.05) is 45.0 Å². The van der Waals surface area contributed by atoms with Crippen molar-refractivity contribution in [3.8, 4) is 11.5 Å². The maximum atomic E-state index is 5.64. The molecule has 0 aliphatic heterocycles. The van der Waals surface area contributed by atoms with Crippen LogP contribution in [0.15, 0.2) is 33.2 Å². The Hall–Kier alpha value is -1.16. The van der Waals surface area contributed by atoms with Crippen LogP contribution in [0, 0.1) is 0 Å². The van der Waals surface area contributed by atoms with Crippen molar-refractivity contribution in [2.24, 2.45) is 0 Å². The minimum atomic E-state index is -0.111. The van der Waals surface area contributed by atoms with E-state index in [9.17, 15) is 0 Å². The van der Waals surface area contributed by atoms with Gasteiger partial charge < -0.3 is 4.42 Å². The average Bonchev–Trinajstić information content (AvgIpc) is 2.67. The zero-order valence-electron chi connectivity index (χ0n) is 9.49. The first-order valence-electron chi connectivity index (χ1n) is 5.07. The third kappa shape index (κ3) is 2.32. The van der Waals surface area contributed by atoms with Gasteiger partial charge in [-0.3, -0.25) is 0 Å². The zero-order chi connectivity index (χ0) is 11.8. The van der Waals surface area contributed by atoms with Crippen LogP contribution >= 0.6 is 15.9 Å². The highest BCUT2D eigenvalue weighted by Crippen LogP contribution is 2.25. The molecule has 2 aromatic rings. The van der Waals surface area contributed by atoms with E-state index in [1.54, 1.807) is 0 Å². The van der Waals surface area contributed by atoms with Crippen molar-refractivity contribution in [3.63, 3.8) is 0 Å².